The van der Waals surface area contributed by atoms with Crippen LogP contribution in [-0.4, -0.2) is 11.5 Å². The fraction of sp³-hybridized carbons (Fsp3) is 0.188. The Balaban J connectivity index is 2.00. The van der Waals surface area contributed by atoms with Gasteiger partial charge in [-0.2, -0.15) is 8.78 Å². The number of thioether (sulfide) groups is 1. The van der Waals surface area contributed by atoms with Crippen LogP contribution >= 0.6 is 23.4 Å². The molecular formula is C16H10ClF3O2S. The minimum absolute atomic E-state index is 0.145. The molecule has 0 fully saturated rings. The Bertz CT molecular complexity index is 760. The molecule has 0 radical (unpaired) electrons. The maximum absolute atomic E-state index is 13.4. The molecule has 0 heterocycles. The largest absolute Gasteiger partial charge is 0.456 e. The van der Waals surface area contributed by atoms with Crippen molar-refractivity contribution in [3.63, 3.8) is 0 Å². The predicted octanol–water partition coefficient (Wildman–Crippen LogP) is 5.72. The summed E-state index contributed by atoms with van der Waals surface area (Å²) in [6, 6.07) is 6.63. The van der Waals surface area contributed by atoms with E-state index in [0.29, 0.717) is 28.6 Å². The van der Waals surface area contributed by atoms with Gasteiger partial charge in [0.2, 0.25) is 0 Å². The van der Waals surface area contributed by atoms with Crippen molar-refractivity contribution >= 4 is 29.1 Å². The number of rotatable bonds is 4. The molecule has 1 aliphatic rings. The molecule has 23 heavy (non-hydrogen) atoms. The monoisotopic (exact) mass is 358 g/mol. The molecule has 0 saturated heterocycles. The molecule has 0 unspecified atom stereocenters. The topological polar surface area (TPSA) is 26.3 Å². The summed E-state index contributed by atoms with van der Waals surface area (Å²) >= 11 is 6.17. The summed E-state index contributed by atoms with van der Waals surface area (Å²) in [5, 5.41) is 0.160. The van der Waals surface area contributed by atoms with E-state index < -0.39 is 11.6 Å². The first-order chi connectivity index (χ1) is 10.9. The number of hydrogen-bond acceptors (Lipinski definition) is 3. The van der Waals surface area contributed by atoms with Gasteiger partial charge in [0.25, 0.3) is 5.76 Å². The van der Waals surface area contributed by atoms with Gasteiger partial charge in [0, 0.05) is 22.4 Å². The van der Waals surface area contributed by atoms with Crippen LogP contribution in [-0.2, 0) is 6.42 Å². The summed E-state index contributed by atoms with van der Waals surface area (Å²) in [5.74, 6) is -2.94. The Morgan fingerprint density at radius 3 is 2.65 bits per heavy atom. The first-order valence-corrected chi connectivity index (χ1v) is 7.97. The summed E-state index contributed by atoms with van der Waals surface area (Å²) in [6.45, 7) is 0. The van der Waals surface area contributed by atoms with Crippen LogP contribution in [0.3, 0.4) is 0 Å². The van der Waals surface area contributed by atoms with Gasteiger partial charge in [-0.25, -0.2) is 4.39 Å². The highest BCUT2D eigenvalue weighted by molar-refractivity contribution is 7.99. The van der Waals surface area contributed by atoms with Crippen LogP contribution in [0.25, 0.3) is 0 Å². The van der Waals surface area contributed by atoms with E-state index in [-0.39, 0.29) is 34.3 Å². The van der Waals surface area contributed by atoms with E-state index >= 15 is 0 Å². The van der Waals surface area contributed by atoms with E-state index in [4.69, 9.17) is 16.3 Å². The van der Waals surface area contributed by atoms with Crippen LogP contribution in [0.15, 0.2) is 35.2 Å². The molecule has 0 spiro atoms. The Hall–Kier alpha value is -1.66. The summed E-state index contributed by atoms with van der Waals surface area (Å²) in [4.78, 5) is 12.4. The molecule has 2 aromatic carbocycles. The predicted molar refractivity (Wildman–Crippen MR) is 82.4 cm³/mol. The Morgan fingerprint density at radius 1 is 1.17 bits per heavy atom. The number of carbonyl (C=O) groups is 1. The van der Waals surface area contributed by atoms with E-state index in [0.717, 1.165) is 12.1 Å². The van der Waals surface area contributed by atoms with Crippen molar-refractivity contribution in [1.29, 1.82) is 0 Å². The Labute approximate surface area is 139 Å². The minimum Gasteiger partial charge on any atom is -0.456 e. The Morgan fingerprint density at radius 2 is 1.96 bits per heavy atom. The van der Waals surface area contributed by atoms with Gasteiger partial charge in [-0.3, -0.25) is 4.79 Å². The zero-order valence-corrected chi connectivity index (χ0v) is 13.2. The summed E-state index contributed by atoms with van der Waals surface area (Å²) in [6.07, 6.45) is 0.640. The van der Waals surface area contributed by atoms with Gasteiger partial charge in [0.15, 0.2) is 5.78 Å². The van der Waals surface area contributed by atoms with Crippen LogP contribution in [0, 0.1) is 5.82 Å². The van der Waals surface area contributed by atoms with Gasteiger partial charge in [-0.05, 0) is 36.2 Å². The number of fused-ring (bicyclic) bond motifs is 1. The minimum atomic E-state index is -2.57. The van der Waals surface area contributed by atoms with Crippen molar-refractivity contribution in [2.24, 2.45) is 0 Å². The molecule has 2 nitrogen and oxygen atoms in total. The molecule has 120 valence electrons. The summed E-state index contributed by atoms with van der Waals surface area (Å²) in [5.41, 5.74) is 0.844. The number of alkyl halides is 2. The lowest BCUT2D eigenvalue weighted by Crippen LogP contribution is -1.99. The number of benzene rings is 2. The molecule has 7 heteroatoms. The molecule has 3 rings (SSSR count). The van der Waals surface area contributed by atoms with Crippen molar-refractivity contribution in [1.82, 2.24) is 0 Å². The van der Waals surface area contributed by atoms with Crippen molar-refractivity contribution in [3.05, 3.63) is 52.3 Å². The van der Waals surface area contributed by atoms with Crippen LogP contribution in [0.4, 0.5) is 13.2 Å². The van der Waals surface area contributed by atoms with Gasteiger partial charge < -0.3 is 4.74 Å². The molecule has 0 N–H and O–H groups in total. The van der Waals surface area contributed by atoms with Gasteiger partial charge in [0.1, 0.15) is 17.3 Å². The van der Waals surface area contributed by atoms with E-state index in [2.05, 4.69) is 0 Å². The maximum Gasteiger partial charge on any atom is 0.288 e. The third-order valence-electron chi connectivity index (χ3n) is 3.39. The van der Waals surface area contributed by atoms with Crippen LogP contribution in [0.5, 0.6) is 11.5 Å². The zero-order chi connectivity index (χ0) is 16.6. The third kappa shape index (κ3) is 3.48. The average Bonchev–Trinajstić information content (AvgIpc) is 2.83. The molecule has 0 saturated carbocycles. The molecule has 2 aromatic rings. The van der Waals surface area contributed by atoms with Crippen molar-refractivity contribution < 1.29 is 22.7 Å². The van der Waals surface area contributed by atoms with E-state index in [9.17, 15) is 18.0 Å². The highest BCUT2D eigenvalue weighted by Crippen LogP contribution is 2.41. The average molecular weight is 359 g/mol. The van der Waals surface area contributed by atoms with Crippen LogP contribution < -0.4 is 4.74 Å². The quantitative estimate of drug-likeness (QED) is 0.654. The number of Topliss-reactive ketones (excluding diaryl/α,β-unsaturated/α-hetero) is 1. The second kappa shape index (κ2) is 6.45. The van der Waals surface area contributed by atoms with E-state index in [1.807, 2.05) is 0 Å². The molecule has 0 bridgehead atoms. The number of carbonyl (C=O) groups excluding carboxylic acids is 1. The van der Waals surface area contributed by atoms with Crippen molar-refractivity contribution in [2.45, 2.75) is 23.5 Å². The fourth-order valence-corrected chi connectivity index (χ4v) is 3.43. The first kappa shape index (κ1) is 16.2. The highest BCUT2D eigenvalue weighted by Gasteiger charge is 2.28. The number of hydrogen-bond donors (Lipinski definition) is 0. The zero-order valence-electron chi connectivity index (χ0n) is 11.6. The van der Waals surface area contributed by atoms with Gasteiger partial charge >= 0.3 is 0 Å². The molecule has 0 atom stereocenters. The number of halogens is 4. The van der Waals surface area contributed by atoms with Crippen LogP contribution in [0.1, 0.15) is 22.3 Å². The molecule has 1 aliphatic carbocycles. The van der Waals surface area contributed by atoms with Crippen molar-refractivity contribution in [2.75, 3.05) is 0 Å². The highest BCUT2D eigenvalue weighted by atomic mass is 35.5. The standard InChI is InChI=1S/C16H10ClF3O2S/c17-8-5-9(18)7-10(6-8)22-13-3-4-14(23-16(19)20)11-1-2-12(21)15(11)13/h3-7,16H,1-2H2. The van der Waals surface area contributed by atoms with Crippen molar-refractivity contribution in [3.8, 4) is 11.5 Å². The number of ketones is 1. The summed E-state index contributed by atoms with van der Waals surface area (Å²) < 4.78 is 44.2. The SMILES string of the molecule is O=C1CCc2c(SC(F)F)ccc(Oc3cc(F)cc(Cl)c3)c21. The smallest absolute Gasteiger partial charge is 0.288 e. The van der Waals surface area contributed by atoms with Gasteiger partial charge in [0.05, 0.1) is 5.56 Å². The lowest BCUT2D eigenvalue weighted by Gasteiger charge is -2.13. The maximum atomic E-state index is 13.4. The normalized spacial score (nSPS) is 13.5. The second-order valence-electron chi connectivity index (χ2n) is 4.92. The number of ether oxygens (including phenoxy) is 1. The fourth-order valence-electron chi connectivity index (χ4n) is 2.53. The van der Waals surface area contributed by atoms with Gasteiger partial charge in [-0.1, -0.05) is 23.4 Å². The first-order valence-electron chi connectivity index (χ1n) is 6.72. The lowest BCUT2D eigenvalue weighted by atomic mass is 10.1. The van der Waals surface area contributed by atoms with E-state index in [1.165, 1.54) is 18.2 Å². The van der Waals surface area contributed by atoms with Crippen LogP contribution in [0.2, 0.25) is 5.02 Å². The summed E-state index contributed by atoms with van der Waals surface area (Å²) in [7, 11) is 0. The molecular weight excluding hydrogens is 349 g/mol. The lowest BCUT2D eigenvalue weighted by molar-refractivity contribution is 0.0992. The molecule has 0 aliphatic heterocycles. The second-order valence-corrected chi connectivity index (χ2v) is 6.39. The third-order valence-corrected chi connectivity index (χ3v) is 4.43. The Kier molecular flexibility index (Phi) is 4.55. The molecule has 0 aromatic heterocycles. The van der Waals surface area contributed by atoms with E-state index in [1.54, 1.807) is 0 Å². The molecule has 0 amide bonds. The van der Waals surface area contributed by atoms with Gasteiger partial charge in [-0.15, -0.1) is 0 Å².